The van der Waals surface area contributed by atoms with Crippen LogP contribution in [0.5, 0.6) is 0 Å². The van der Waals surface area contributed by atoms with Crippen molar-refractivity contribution in [2.45, 2.75) is 65.1 Å². The van der Waals surface area contributed by atoms with Gasteiger partial charge in [0.15, 0.2) is 0 Å². The highest BCUT2D eigenvalue weighted by Crippen LogP contribution is 2.18. The van der Waals surface area contributed by atoms with Crippen LogP contribution in [0.25, 0.3) is 0 Å². The van der Waals surface area contributed by atoms with E-state index in [2.05, 4.69) is 17.6 Å². The molecule has 0 aromatic carbocycles. The molecule has 100 valence electrons. The van der Waals surface area contributed by atoms with Gasteiger partial charge in [0.1, 0.15) is 5.60 Å². The Morgan fingerprint density at radius 3 is 2.65 bits per heavy atom. The second kappa shape index (κ2) is 5.71. The molecule has 3 atom stereocenters. The fourth-order valence-corrected chi connectivity index (χ4v) is 2.33. The fourth-order valence-electron chi connectivity index (χ4n) is 2.33. The quantitative estimate of drug-likeness (QED) is 0.781. The predicted octanol–water partition coefficient (Wildman–Crippen LogP) is 2.29. The molecule has 0 aromatic heterocycles. The zero-order valence-electron chi connectivity index (χ0n) is 11.7. The van der Waals surface area contributed by atoms with Gasteiger partial charge in [0.25, 0.3) is 0 Å². The Morgan fingerprint density at radius 1 is 1.47 bits per heavy atom. The van der Waals surface area contributed by atoms with Gasteiger partial charge in [0.05, 0.1) is 0 Å². The molecule has 1 fully saturated rings. The number of ether oxygens (including phenoxy) is 1. The van der Waals surface area contributed by atoms with Gasteiger partial charge in [-0.15, -0.1) is 0 Å². The Kier molecular flexibility index (Phi) is 4.80. The number of hydrogen-bond acceptors (Lipinski definition) is 3. The normalized spacial score (nSPS) is 27.4. The molecule has 0 radical (unpaired) electrons. The van der Waals surface area contributed by atoms with Crippen LogP contribution in [-0.4, -0.2) is 30.3 Å². The van der Waals surface area contributed by atoms with E-state index in [-0.39, 0.29) is 12.1 Å². The van der Waals surface area contributed by atoms with Crippen LogP contribution in [0, 0.1) is 5.92 Å². The van der Waals surface area contributed by atoms with E-state index in [0.29, 0.717) is 12.0 Å². The summed E-state index contributed by atoms with van der Waals surface area (Å²) in [5.74, 6) is 0.591. The Morgan fingerprint density at radius 2 is 2.12 bits per heavy atom. The maximum absolute atomic E-state index is 11.7. The Hall–Kier alpha value is -0.770. The number of nitrogens with one attached hydrogen (secondary N) is 2. The van der Waals surface area contributed by atoms with Crippen LogP contribution < -0.4 is 10.6 Å². The molecule has 0 aliphatic carbocycles. The van der Waals surface area contributed by atoms with Crippen LogP contribution in [-0.2, 0) is 4.74 Å². The standard InChI is InChI=1S/C13H26N2O2/c1-9-7-6-8-14-11(9)10(2)15-12(16)17-13(3,4)5/h9-11,14H,6-8H2,1-5H3,(H,15,16). The topological polar surface area (TPSA) is 50.4 Å². The number of carbonyl (C=O) groups is 1. The molecule has 0 spiro atoms. The van der Waals surface area contributed by atoms with Crippen molar-refractivity contribution in [1.82, 2.24) is 10.6 Å². The lowest BCUT2D eigenvalue weighted by Crippen LogP contribution is -2.54. The van der Waals surface area contributed by atoms with Gasteiger partial charge in [-0.2, -0.15) is 0 Å². The number of carbonyl (C=O) groups excluding carboxylic acids is 1. The molecule has 1 aliphatic heterocycles. The highest BCUT2D eigenvalue weighted by Gasteiger charge is 2.28. The molecule has 4 nitrogen and oxygen atoms in total. The first-order chi connectivity index (χ1) is 7.79. The van der Waals surface area contributed by atoms with E-state index in [0.717, 1.165) is 6.54 Å². The molecule has 17 heavy (non-hydrogen) atoms. The number of alkyl carbamates (subject to hydrolysis) is 1. The average molecular weight is 242 g/mol. The highest BCUT2D eigenvalue weighted by atomic mass is 16.6. The smallest absolute Gasteiger partial charge is 0.407 e. The third kappa shape index (κ3) is 4.94. The maximum Gasteiger partial charge on any atom is 0.407 e. The molecule has 1 saturated heterocycles. The van der Waals surface area contributed by atoms with Gasteiger partial charge in [-0.1, -0.05) is 6.92 Å². The third-order valence-corrected chi connectivity index (χ3v) is 3.11. The molecular formula is C13H26N2O2. The van der Waals surface area contributed by atoms with E-state index in [1.54, 1.807) is 0 Å². The number of rotatable bonds is 2. The molecule has 1 amide bonds. The minimum absolute atomic E-state index is 0.0974. The lowest BCUT2D eigenvalue weighted by molar-refractivity contribution is 0.0486. The molecule has 1 aliphatic rings. The third-order valence-electron chi connectivity index (χ3n) is 3.11. The van der Waals surface area contributed by atoms with Crippen molar-refractivity contribution in [3.63, 3.8) is 0 Å². The van der Waals surface area contributed by atoms with Gasteiger partial charge in [0, 0.05) is 12.1 Å². The van der Waals surface area contributed by atoms with Crippen LogP contribution in [0.15, 0.2) is 0 Å². The van der Waals surface area contributed by atoms with Crippen molar-refractivity contribution in [2.24, 2.45) is 5.92 Å². The molecule has 2 N–H and O–H groups in total. The monoisotopic (exact) mass is 242 g/mol. The summed E-state index contributed by atoms with van der Waals surface area (Å²) < 4.78 is 5.26. The molecular weight excluding hydrogens is 216 g/mol. The van der Waals surface area contributed by atoms with Gasteiger partial charge in [0.2, 0.25) is 0 Å². The van der Waals surface area contributed by atoms with Crippen LogP contribution in [0.1, 0.15) is 47.5 Å². The molecule has 1 heterocycles. The summed E-state index contributed by atoms with van der Waals surface area (Å²) >= 11 is 0. The second-order valence-corrected chi connectivity index (χ2v) is 6.03. The molecule has 3 unspecified atom stereocenters. The van der Waals surface area contributed by atoms with Crippen molar-refractivity contribution in [1.29, 1.82) is 0 Å². The molecule has 0 bridgehead atoms. The summed E-state index contributed by atoms with van der Waals surface area (Å²) in [4.78, 5) is 11.7. The molecule has 0 aromatic rings. The first kappa shape index (κ1) is 14.3. The number of amides is 1. The Balaban J connectivity index is 2.42. The summed E-state index contributed by atoms with van der Waals surface area (Å²) in [6.45, 7) is 10.9. The summed E-state index contributed by atoms with van der Waals surface area (Å²) in [5.41, 5.74) is -0.435. The SMILES string of the molecule is CC1CCCNC1C(C)NC(=O)OC(C)(C)C. The van der Waals surface area contributed by atoms with Crippen molar-refractivity contribution >= 4 is 6.09 Å². The summed E-state index contributed by atoms with van der Waals surface area (Å²) in [6.07, 6.45) is 2.11. The van der Waals surface area contributed by atoms with E-state index in [1.807, 2.05) is 27.7 Å². The molecule has 1 rings (SSSR count). The minimum atomic E-state index is -0.435. The zero-order valence-corrected chi connectivity index (χ0v) is 11.7. The summed E-state index contributed by atoms with van der Waals surface area (Å²) in [7, 11) is 0. The van der Waals surface area contributed by atoms with Crippen molar-refractivity contribution < 1.29 is 9.53 Å². The van der Waals surface area contributed by atoms with E-state index in [1.165, 1.54) is 12.8 Å². The first-order valence-electron chi connectivity index (χ1n) is 6.52. The first-order valence-corrected chi connectivity index (χ1v) is 6.52. The van der Waals surface area contributed by atoms with Crippen LogP contribution in [0.2, 0.25) is 0 Å². The average Bonchev–Trinajstić information content (AvgIpc) is 2.14. The van der Waals surface area contributed by atoms with E-state index >= 15 is 0 Å². The lowest BCUT2D eigenvalue weighted by Gasteiger charge is -2.35. The number of piperidine rings is 1. The largest absolute Gasteiger partial charge is 0.444 e. The van der Waals surface area contributed by atoms with Crippen LogP contribution >= 0.6 is 0 Å². The molecule has 0 saturated carbocycles. The van der Waals surface area contributed by atoms with E-state index in [9.17, 15) is 4.79 Å². The van der Waals surface area contributed by atoms with Gasteiger partial charge in [-0.3, -0.25) is 0 Å². The van der Waals surface area contributed by atoms with E-state index in [4.69, 9.17) is 4.74 Å². The minimum Gasteiger partial charge on any atom is -0.444 e. The summed E-state index contributed by atoms with van der Waals surface area (Å²) in [6, 6.07) is 0.441. The van der Waals surface area contributed by atoms with Gasteiger partial charge < -0.3 is 15.4 Å². The second-order valence-electron chi connectivity index (χ2n) is 6.03. The van der Waals surface area contributed by atoms with Gasteiger partial charge in [-0.25, -0.2) is 4.79 Å². The fraction of sp³-hybridized carbons (Fsp3) is 0.923. The lowest BCUT2D eigenvalue weighted by atomic mass is 9.88. The van der Waals surface area contributed by atoms with Crippen molar-refractivity contribution in [3.05, 3.63) is 0 Å². The van der Waals surface area contributed by atoms with Crippen LogP contribution in [0.3, 0.4) is 0 Å². The maximum atomic E-state index is 11.7. The predicted molar refractivity (Wildman–Crippen MR) is 69.0 cm³/mol. The summed E-state index contributed by atoms with van der Waals surface area (Å²) in [5, 5.41) is 6.38. The Labute approximate surface area is 104 Å². The molecule has 4 heteroatoms. The van der Waals surface area contributed by atoms with E-state index < -0.39 is 5.60 Å². The van der Waals surface area contributed by atoms with Gasteiger partial charge in [-0.05, 0) is 53.0 Å². The van der Waals surface area contributed by atoms with Crippen molar-refractivity contribution in [3.8, 4) is 0 Å². The Bertz CT molecular complexity index is 261. The van der Waals surface area contributed by atoms with Gasteiger partial charge >= 0.3 is 6.09 Å². The number of hydrogen-bond donors (Lipinski definition) is 2. The zero-order chi connectivity index (χ0) is 13.1. The van der Waals surface area contributed by atoms with Crippen LogP contribution in [0.4, 0.5) is 4.79 Å². The van der Waals surface area contributed by atoms with Crippen molar-refractivity contribution in [2.75, 3.05) is 6.54 Å². The highest BCUT2D eigenvalue weighted by molar-refractivity contribution is 5.68.